The third-order valence-corrected chi connectivity index (χ3v) is 8.12. The van der Waals surface area contributed by atoms with Gasteiger partial charge in [0.2, 0.25) is 0 Å². The van der Waals surface area contributed by atoms with Gasteiger partial charge in [0.15, 0.2) is 5.79 Å². The Bertz CT molecular complexity index is 977. The zero-order valence-corrected chi connectivity index (χ0v) is 22.3. The molecule has 2 fully saturated rings. The number of esters is 1. The molecular weight excluding hydrogens is 478 g/mol. The van der Waals surface area contributed by atoms with Crippen LogP contribution in [0, 0.1) is 0 Å². The third kappa shape index (κ3) is 6.52. The summed E-state index contributed by atoms with van der Waals surface area (Å²) in [6, 6.07) is 7.42. The summed E-state index contributed by atoms with van der Waals surface area (Å²) in [5.41, 5.74) is 2.01. The van der Waals surface area contributed by atoms with Crippen LogP contribution in [0.4, 0.5) is 4.79 Å². The molecule has 0 aliphatic carbocycles. The van der Waals surface area contributed by atoms with Gasteiger partial charge < -0.3 is 23.8 Å². The van der Waals surface area contributed by atoms with Crippen LogP contribution in [0.15, 0.2) is 48.1 Å². The maximum Gasteiger partial charge on any atom is 0.330 e. The monoisotopic (exact) mass is 515 g/mol. The molecule has 0 aromatic heterocycles. The van der Waals surface area contributed by atoms with Gasteiger partial charge in [0.25, 0.3) is 5.24 Å². The Kier molecular flexibility index (Phi) is 9.14. The second-order valence-electron chi connectivity index (χ2n) is 9.75. The van der Waals surface area contributed by atoms with Crippen LogP contribution >= 0.6 is 11.8 Å². The topological polar surface area (TPSA) is 74.3 Å². The molecule has 0 radical (unpaired) electrons. The molecule has 7 nitrogen and oxygen atoms in total. The molecule has 3 heterocycles. The molecule has 0 spiro atoms. The summed E-state index contributed by atoms with van der Waals surface area (Å²) in [4.78, 5) is 27.5. The number of methoxy groups -OCH3 is 2. The van der Waals surface area contributed by atoms with Gasteiger partial charge >= 0.3 is 5.97 Å². The highest BCUT2D eigenvalue weighted by atomic mass is 32.2. The minimum Gasteiger partial charge on any atom is -0.497 e. The van der Waals surface area contributed by atoms with E-state index in [0.29, 0.717) is 25.1 Å². The number of amides is 1. The van der Waals surface area contributed by atoms with Crippen LogP contribution in [0.25, 0.3) is 0 Å². The predicted octanol–water partition coefficient (Wildman–Crippen LogP) is 5.63. The molecule has 2 bridgehead atoms. The van der Waals surface area contributed by atoms with Gasteiger partial charge in [-0.25, -0.2) is 4.79 Å². The lowest BCUT2D eigenvalue weighted by atomic mass is 9.90. The lowest BCUT2D eigenvalue weighted by molar-refractivity contribution is -0.305. The van der Waals surface area contributed by atoms with E-state index in [1.54, 1.807) is 20.3 Å². The van der Waals surface area contributed by atoms with Crippen molar-refractivity contribution in [2.24, 2.45) is 0 Å². The van der Waals surface area contributed by atoms with Crippen molar-refractivity contribution >= 4 is 23.0 Å². The van der Waals surface area contributed by atoms with Crippen molar-refractivity contribution in [3.63, 3.8) is 0 Å². The van der Waals surface area contributed by atoms with Gasteiger partial charge in [0, 0.05) is 38.3 Å². The van der Waals surface area contributed by atoms with E-state index in [1.165, 1.54) is 11.8 Å². The number of rotatable bonds is 5. The first-order chi connectivity index (χ1) is 17.4. The van der Waals surface area contributed by atoms with Crippen LogP contribution in [-0.2, 0) is 25.5 Å². The van der Waals surface area contributed by atoms with Crippen molar-refractivity contribution in [3.8, 4) is 5.75 Å². The van der Waals surface area contributed by atoms with Crippen molar-refractivity contribution in [3.05, 3.63) is 53.6 Å². The lowest BCUT2D eigenvalue weighted by Crippen LogP contribution is -2.60. The Morgan fingerprint density at radius 3 is 2.64 bits per heavy atom. The number of ether oxygens (including phenoxy) is 4. The second-order valence-corrected chi connectivity index (χ2v) is 10.7. The molecule has 8 heteroatoms. The number of fused-ring (bicyclic) bond motifs is 2. The summed E-state index contributed by atoms with van der Waals surface area (Å²) in [5.74, 6) is -0.0489. The molecule has 0 saturated carbocycles. The zero-order valence-electron chi connectivity index (χ0n) is 21.4. The lowest BCUT2D eigenvalue weighted by Gasteiger charge is -2.48. The standard InChI is InChI=1S/C28H37NO6S/c1-20-9-7-5-4-6-8-10-23-16-24(34-26(30)15-20)17-28(33-3,35-23)25-19-36-27(31)29(25)18-21-11-13-22(32-2)14-12-21/h4-5,11-15,23-25H,6-10,16-19H2,1-3H3/t23-,24-,25?,28-/m1/s1. The Balaban J connectivity index is 1.58. The van der Waals surface area contributed by atoms with Gasteiger partial charge in [-0.3, -0.25) is 4.79 Å². The fourth-order valence-electron chi connectivity index (χ4n) is 5.22. The molecule has 1 amide bonds. The second kappa shape index (κ2) is 12.3. The Labute approximate surface area is 218 Å². The van der Waals surface area contributed by atoms with Crippen LogP contribution in [0.1, 0.15) is 57.4 Å². The maximum absolute atomic E-state index is 13.0. The van der Waals surface area contributed by atoms with Gasteiger partial charge in [-0.05, 0) is 56.7 Å². The highest BCUT2D eigenvalue weighted by Crippen LogP contribution is 2.43. The average Bonchev–Trinajstić information content (AvgIpc) is 3.23. The Morgan fingerprint density at radius 2 is 1.89 bits per heavy atom. The quantitative estimate of drug-likeness (QED) is 0.371. The molecule has 0 N–H and O–H groups in total. The molecule has 1 aromatic rings. The number of hydrogen-bond donors (Lipinski definition) is 0. The van der Waals surface area contributed by atoms with E-state index in [9.17, 15) is 9.59 Å². The number of carbonyl (C=O) groups excluding carboxylic acids is 2. The van der Waals surface area contributed by atoms with E-state index in [4.69, 9.17) is 18.9 Å². The van der Waals surface area contributed by atoms with Gasteiger partial charge in [0.05, 0.1) is 19.3 Å². The van der Waals surface area contributed by atoms with Crippen molar-refractivity contribution < 1.29 is 28.5 Å². The van der Waals surface area contributed by atoms with Crippen LogP contribution < -0.4 is 4.74 Å². The molecule has 196 valence electrons. The summed E-state index contributed by atoms with van der Waals surface area (Å²) in [7, 11) is 3.26. The zero-order chi connectivity index (χ0) is 25.5. The van der Waals surface area contributed by atoms with E-state index < -0.39 is 5.79 Å². The molecule has 4 atom stereocenters. The summed E-state index contributed by atoms with van der Waals surface area (Å²) in [5, 5.41) is -0.00246. The van der Waals surface area contributed by atoms with Gasteiger partial charge in [-0.2, -0.15) is 0 Å². The normalized spacial score (nSPS) is 29.9. The molecule has 1 aromatic carbocycles. The predicted molar refractivity (Wildman–Crippen MR) is 140 cm³/mol. The molecule has 2 saturated heterocycles. The molecule has 3 aliphatic heterocycles. The fraction of sp³-hybridized carbons (Fsp3) is 0.571. The van der Waals surface area contributed by atoms with Crippen molar-refractivity contribution in [1.29, 1.82) is 0 Å². The maximum atomic E-state index is 13.0. The summed E-state index contributed by atoms with van der Waals surface area (Å²) >= 11 is 1.28. The third-order valence-electron chi connectivity index (χ3n) is 7.16. The first-order valence-electron chi connectivity index (χ1n) is 12.7. The van der Waals surface area contributed by atoms with Crippen molar-refractivity contribution in [2.45, 2.75) is 82.5 Å². The SMILES string of the molecule is COc1ccc(CN2C(=O)SCC2[C@@]2(OC)C[C@H]3C[C@@H](CCCC=CCCC(C)=CC(=O)O3)O2)cc1. The molecule has 4 rings (SSSR count). The smallest absolute Gasteiger partial charge is 0.330 e. The van der Waals surface area contributed by atoms with Crippen molar-refractivity contribution in [2.75, 3.05) is 20.0 Å². The highest BCUT2D eigenvalue weighted by molar-refractivity contribution is 8.13. The summed E-state index contributed by atoms with van der Waals surface area (Å²) in [6.45, 7) is 2.41. The molecular formula is C28H37NO6S. The molecule has 1 unspecified atom stereocenters. The van der Waals surface area contributed by atoms with E-state index in [1.807, 2.05) is 36.1 Å². The molecule has 36 heavy (non-hydrogen) atoms. The number of hydrogen-bond acceptors (Lipinski definition) is 7. The number of allylic oxidation sites excluding steroid dienone is 3. The van der Waals surface area contributed by atoms with E-state index in [-0.39, 0.29) is 29.5 Å². The average molecular weight is 516 g/mol. The van der Waals surface area contributed by atoms with Crippen LogP contribution in [0.5, 0.6) is 5.75 Å². The molecule has 3 aliphatic rings. The minimum atomic E-state index is -1.05. The summed E-state index contributed by atoms with van der Waals surface area (Å²) in [6.07, 6.45) is 11.1. The minimum absolute atomic E-state index is 0.00246. The van der Waals surface area contributed by atoms with Crippen LogP contribution in [0.2, 0.25) is 0 Å². The number of carbonyl (C=O) groups is 2. The van der Waals surface area contributed by atoms with Crippen LogP contribution in [0.3, 0.4) is 0 Å². The van der Waals surface area contributed by atoms with Crippen molar-refractivity contribution in [1.82, 2.24) is 4.90 Å². The first-order valence-corrected chi connectivity index (χ1v) is 13.7. The van der Waals surface area contributed by atoms with Gasteiger partial charge in [-0.1, -0.05) is 41.6 Å². The van der Waals surface area contributed by atoms with Gasteiger partial charge in [-0.15, -0.1) is 0 Å². The highest BCUT2D eigenvalue weighted by Gasteiger charge is 2.54. The fourth-order valence-corrected chi connectivity index (χ4v) is 6.31. The van der Waals surface area contributed by atoms with E-state index in [0.717, 1.165) is 49.0 Å². The van der Waals surface area contributed by atoms with Crippen LogP contribution in [-0.4, -0.2) is 60.1 Å². The van der Waals surface area contributed by atoms with Gasteiger partial charge in [0.1, 0.15) is 11.9 Å². The number of benzene rings is 1. The Morgan fingerprint density at radius 1 is 1.11 bits per heavy atom. The number of nitrogens with zero attached hydrogens (tertiary/aromatic N) is 1. The number of thioether (sulfide) groups is 1. The Hall–Kier alpha value is -2.29. The van der Waals surface area contributed by atoms with E-state index >= 15 is 0 Å². The largest absolute Gasteiger partial charge is 0.497 e. The first kappa shape index (κ1) is 26.8. The van der Waals surface area contributed by atoms with E-state index in [2.05, 4.69) is 12.2 Å². The summed E-state index contributed by atoms with van der Waals surface area (Å²) < 4.78 is 24.0.